The van der Waals surface area contributed by atoms with Gasteiger partial charge in [-0.05, 0) is 12.1 Å². The first-order valence-corrected chi connectivity index (χ1v) is 6.51. The normalized spacial score (nSPS) is 11.4. The lowest BCUT2D eigenvalue weighted by Crippen LogP contribution is -2.19. The Kier molecular flexibility index (Phi) is 3.73. The van der Waals surface area contributed by atoms with Gasteiger partial charge >= 0.3 is 0 Å². The van der Waals surface area contributed by atoms with Crippen molar-refractivity contribution in [3.05, 3.63) is 35.7 Å². The summed E-state index contributed by atoms with van der Waals surface area (Å²) in [6.45, 7) is 6.00. The summed E-state index contributed by atoms with van der Waals surface area (Å²) in [5, 5.41) is 0. The van der Waals surface area contributed by atoms with Gasteiger partial charge in [0, 0.05) is 5.41 Å². The number of benzene rings is 1. The molecule has 0 aliphatic carbocycles. The predicted octanol–water partition coefficient (Wildman–Crippen LogP) is 3.34. The molecule has 0 spiro atoms. The Hall–Kier alpha value is -2.35. The lowest BCUT2D eigenvalue weighted by molar-refractivity contribution is 0.517. The van der Waals surface area contributed by atoms with Gasteiger partial charge in [0.15, 0.2) is 0 Å². The Morgan fingerprint density at radius 1 is 1.29 bits per heavy atom. The largest absolute Gasteiger partial charge is 0.383 e. The molecule has 0 aliphatic heterocycles. The molecule has 0 radical (unpaired) electrons. The molecule has 3 nitrogen and oxygen atoms in total. The topological polar surface area (TPSA) is 43.8 Å². The monoisotopic (exact) mass is 289 g/mol. The van der Waals surface area contributed by atoms with Crippen molar-refractivity contribution in [1.29, 1.82) is 0 Å². The highest BCUT2D eigenvalue weighted by atomic mass is 19.1. The quantitative estimate of drug-likeness (QED) is 0.862. The van der Waals surface area contributed by atoms with Crippen LogP contribution in [-0.4, -0.2) is 9.55 Å². The molecule has 5 heteroatoms. The lowest BCUT2D eigenvalue weighted by atomic mass is 9.95. The molecule has 2 N–H and O–H groups in total. The zero-order valence-corrected chi connectivity index (χ0v) is 12.2. The van der Waals surface area contributed by atoms with Crippen LogP contribution < -0.4 is 5.73 Å². The van der Waals surface area contributed by atoms with Gasteiger partial charge < -0.3 is 10.3 Å². The van der Waals surface area contributed by atoms with E-state index in [9.17, 15) is 8.78 Å². The van der Waals surface area contributed by atoms with E-state index in [0.29, 0.717) is 5.82 Å². The molecule has 110 valence electrons. The fraction of sp³-hybridized carbons (Fsp3) is 0.312. The Bertz CT molecular complexity index is 698. The summed E-state index contributed by atoms with van der Waals surface area (Å²) in [5.74, 6) is 1.85. The zero-order valence-electron chi connectivity index (χ0n) is 12.2. The van der Waals surface area contributed by atoms with Gasteiger partial charge in [-0.15, -0.1) is 6.42 Å². The summed E-state index contributed by atoms with van der Waals surface area (Å²) < 4.78 is 29.5. The van der Waals surface area contributed by atoms with Crippen LogP contribution in [0.3, 0.4) is 0 Å². The van der Waals surface area contributed by atoms with Crippen LogP contribution in [0.2, 0.25) is 0 Å². The highest BCUT2D eigenvalue weighted by Crippen LogP contribution is 2.34. The fourth-order valence-electron chi connectivity index (χ4n) is 2.20. The van der Waals surface area contributed by atoms with Crippen LogP contribution in [0.25, 0.3) is 11.3 Å². The highest BCUT2D eigenvalue weighted by Gasteiger charge is 2.27. The smallest absolute Gasteiger partial charge is 0.135 e. The molecule has 0 amide bonds. The Morgan fingerprint density at radius 3 is 2.33 bits per heavy atom. The van der Waals surface area contributed by atoms with Crippen LogP contribution >= 0.6 is 0 Å². The van der Waals surface area contributed by atoms with Crippen molar-refractivity contribution in [3.8, 4) is 23.6 Å². The predicted molar refractivity (Wildman–Crippen MR) is 79.5 cm³/mol. The van der Waals surface area contributed by atoms with E-state index in [1.165, 1.54) is 18.2 Å². The molecule has 0 saturated carbocycles. The van der Waals surface area contributed by atoms with Crippen molar-refractivity contribution in [3.63, 3.8) is 0 Å². The third-order valence-electron chi connectivity index (χ3n) is 3.13. The molecule has 2 rings (SSSR count). The summed E-state index contributed by atoms with van der Waals surface area (Å²) in [4.78, 5) is 4.35. The molecule has 0 bridgehead atoms. The van der Waals surface area contributed by atoms with Crippen molar-refractivity contribution in [2.24, 2.45) is 0 Å². The molecule has 0 atom stereocenters. The van der Waals surface area contributed by atoms with Crippen LogP contribution in [-0.2, 0) is 12.0 Å². The van der Waals surface area contributed by atoms with Crippen molar-refractivity contribution >= 4 is 5.82 Å². The number of nitrogens with zero attached hydrogens (tertiary/aromatic N) is 2. The second-order valence-electron chi connectivity index (χ2n) is 5.81. The Morgan fingerprint density at radius 2 is 1.86 bits per heavy atom. The maximum Gasteiger partial charge on any atom is 0.135 e. The van der Waals surface area contributed by atoms with Crippen LogP contribution in [0.5, 0.6) is 0 Å². The third-order valence-corrected chi connectivity index (χ3v) is 3.13. The van der Waals surface area contributed by atoms with Crippen LogP contribution in [0.15, 0.2) is 18.2 Å². The fourth-order valence-corrected chi connectivity index (χ4v) is 2.20. The van der Waals surface area contributed by atoms with Gasteiger partial charge in [0.25, 0.3) is 0 Å². The number of aromatic nitrogens is 2. The first-order chi connectivity index (χ1) is 9.77. The number of halogens is 2. The zero-order chi connectivity index (χ0) is 15.8. The molecule has 1 aromatic carbocycles. The summed E-state index contributed by atoms with van der Waals surface area (Å²) in [6.07, 6.45) is 5.35. The number of hydrogen-bond donors (Lipinski definition) is 1. The number of hydrogen-bond acceptors (Lipinski definition) is 2. The molecule has 0 unspecified atom stereocenters. The number of nitrogen functional groups attached to an aromatic ring is 1. The van der Waals surface area contributed by atoms with Crippen LogP contribution in [0.4, 0.5) is 14.6 Å². The van der Waals surface area contributed by atoms with Crippen LogP contribution in [0.1, 0.15) is 26.6 Å². The van der Waals surface area contributed by atoms with Gasteiger partial charge in [0.05, 0.1) is 12.1 Å². The standard InChI is InChI=1S/C16H17F2N3/c1-5-9-21-14(19)13(20-15(21)16(2,3)4)12-10(17)7-6-8-11(12)18/h1,6-8H,9,19H2,2-4H3. The van der Waals surface area contributed by atoms with E-state index in [0.717, 1.165) is 0 Å². The van der Waals surface area contributed by atoms with Gasteiger partial charge in [-0.2, -0.15) is 0 Å². The SMILES string of the molecule is C#CCn1c(C(C)(C)C)nc(-c2c(F)cccc2F)c1N. The molecule has 2 aromatic rings. The summed E-state index contributed by atoms with van der Waals surface area (Å²) in [7, 11) is 0. The average molecular weight is 289 g/mol. The van der Waals surface area contributed by atoms with E-state index in [4.69, 9.17) is 12.2 Å². The van der Waals surface area contributed by atoms with Crippen molar-refractivity contribution in [2.75, 3.05) is 5.73 Å². The number of nitrogens with two attached hydrogens (primary N) is 1. The minimum atomic E-state index is -0.701. The Balaban J connectivity index is 2.75. The van der Waals surface area contributed by atoms with Crippen molar-refractivity contribution in [2.45, 2.75) is 32.7 Å². The number of imidazole rings is 1. The molecule has 0 fully saturated rings. The maximum atomic E-state index is 14.0. The van der Waals surface area contributed by atoms with Gasteiger partial charge in [0.2, 0.25) is 0 Å². The van der Waals surface area contributed by atoms with E-state index in [1.54, 1.807) is 4.57 Å². The molecule has 1 heterocycles. The minimum absolute atomic E-state index is 0.0887. The van der Waals surface area contributed by atoms with E-state index >= 15 is 0 Å². The molecular formula is C16H17F2N3. The van der Waals surface area contributed by atoms with Gasteiger partial charge in [-0.1, -0.05) is 32.8 Å². The van der Waals surface area contributed by atoms with E-state index in [2.05, 4.69) is 10.9 Å². The Labute approximate surface area is 122 Å². The van der Waals surface area contributed by atoms with Crippen molar-refractivity contribution < 1.29 is 8.78 Å². The second-order valence-corrected chi connectivity index (χ2v) is 5.81. The maximum absolute atomic E-state index is 14.0. The van der Waals surface area contributed by atoms with Gasteiger partial charge in [-0.25, -0.2) is 13.8 Å². The second kappa shape index (κ2) is 5.21. The molecule has 0 aliphatic rings. The first kappa shape index (κ1) is 15.0. The van der Waals surface area contributed by atoms with E-state index in [-0.39, 0.29) is 29.0 Å². The number of terminal acetylenes is 1. The van der Waals surface area contributed by atoms with Gasteiger partial charge in [-0.3, -0.25) is 0 Å². The summed E-state index contributed by atoms with van der Waals surface area (Å²) >= 11 is 0. The average Bonchev–Trinajstić information content (AvgIpc) is 2.68. The van der Waals surface area contributed by atoms with Crippen LogP contribution in [0, 0.1) is 24.0 Å². The van der Waals surface area contributed by atoms with E-state index < -0.39 is 11.6 Å². The highest BCUT2D eigenvalue weighted by molar-refractivity contribution is 5.72. The lowest BCUT2D eigenvalue weighted by Gasteiger charge is -2.18. The first-order valence-electron chi connectivity index (χ1n) is 6.51. The molecule has 21 heavy (non-hydrogen) atoms. The number of rotatable bonds is 2. The third kappa shape index (κ3) is 2.62. The number of anilines is 1. The summed E-state index contributed by atoms with van der Waals surface area (Å²) in [6, 6.07) is 3.65. The molecule has 0 saturated heterocycles. The minimum Gasteiger partial charge on any atom is -0.383 e. The molecular weight excluding hydrogens is 272 g/mol. The van der Waals surface area contributed by atoms with E-state index in [1.807, 2.05) is 20.8 Å². The van der Waals surface area contributed by atoms with Gasteiger partial charge in [0.1, 0.15) is 29.0 Å². The summed E-state index contributed by atoms with van der Waals surface area (Å²) in [5.41, 5.74) is 5.54. The van der Waals surface area contributed by atoms with Crippen molar-refractivity contribution in [1.82, 2.24) is 9.55 Å². The molecule has 1 aromatic heterocycles.